The molecule has 18 heavy (non-hydrogen) atoms. The zero-order chi connectivity index (χ0) is 12.8. The summed E-state index contributed by atoms with van der Waals surface area (Å²) in [6.45, 7) is 1.18. The quantitative estimate of drug-likeness (QED) is 0.722. The molecule has 0 aliphatic heterocycles. The van der Waals surface area contributed by atoms with Crippen LogP contribution in [0.5, 0.6) is 0 Å². The van der Waals surface area contributed by atoms with Crippen LogP contribution in [0, 0.1) is 0 Å². The van der Waals surface area contributed by atoms with E-state index in [1.807, 2.05) is 12.3 Å². The standard InChI is InChI=1S/C13H19N3O2/c14-12(17)9-18-8-7-15-11-5-1-3-10-4-2-6-16-13(10)11/h2,4,6,11,15H,1,3,5,7-9H2,(H2,14,17). The van der Waals surface area contributed by atoms with Crippen molar-refractivity contribution in [2.75, 3.05) is 19.8 Å². The van der Waals surface area contributed by atoms with Crippen molar-refractivity contribution >= 4 is 5.91 Å². The first-order valence-electron chi connectivity index (χ1n) is 6.30. The third-order valence-corrected chi connectivity index (χ3v) is 3.08. The minimum atomic E-state index is -0.431. The fourth-order valence-corrected chi connectivity index (χ4v) is 2.29. The molecule has 0 spiro atoms. The molecular formula is C13H19N3O2. The van der Waals surface area contributed by atoms with Crippen LogP contribution in [0.1, 0.15) is 30.1 Å². The Bertz CT molecular complexity index is 409. The van der Waals surface area contributed by atoms with Crippen LogP contribution in [0.4, 0.5) is 0 Å². The highest BCUT2D eigenvalue weighted by Gasteiger charge is 2.20. The van der Waals surface area contributed by atoms with Gasteiger partial charge in [-0.15, -0.1) is 0 Å². The van der Waals surface area contributed by atoms with Gasteiger partial charge in [-0.3, -0.25) is 9.78 Å². The van der Waals surface area contributed by atoms with Crippen molar-refractivity contribution < 1.29 is 9.53 Å². The Morgan fingerprint density at radius 3 is 3.33 bits per heavy atom. The number of aromatic nitrogens is 1. The zero-order valence-electron chi connectivity index (χ0n) is 10.4. The van der Waals surface area contributed by atoms with Crippen LogP contribution in [0.2, 0.25) is 0 Å². The second kappa shape index (κ2) is 6.47. The van der Waals surface area contributed by atoms with Crippen LogP contribution in [0.25, 0.3) is 0 Å². The van der Waals surface area contributed by atoms with E-state index in [1.54, 1.807) is 0 Å². The summed E-state index contributed by atoms with van der Waals surface area (Å²) < 4.78 is 5.12. The summed E-state index contributed by atoms with van der Waals surface area (Å²) >= 11 is 0. The molecular weight excluding hydrogens is 230 g/mol. The molecule has 1 aliphatic rings. The highest BCUT2D eigenvalue weighted by Crippen LogP contribution is 2.27. The molecule has 0 radical (unpaired) electrons. The van der Waals surface area contributed by atoms with Crippen molar-refractivity contribution in [3.8, 4) is 0 Å². The number of primary amides is 1. The third kappa shape index (κ3) is 3.51. The van der Waals surface area contributed by atoms with Crippen LogP contribution in [-0.2, 0) is 16.0 Å². The van der Waals surface area contributed by atoms with Gasteiger partial charge in [0.2, 0.25) is 5.91 Å². The van der Waals surface area contributed by atoms with E-state index >= 15 is 0 Å². The zero-order valence-corrected chi connectivity index (χ0v) is 10.4. The first-order chi connectivity index (χ1) is 8.77. The number of ether oxygens (including phenoxy) is 1. The average molecular weight is 249 g/mol. The topological polar surface area (TPSA) is 77.2 Å². The molecule has 5 nitrogen and oxygen atoms in total. The molecule has 2 rings (SSSR count). The third-order valence-electron chi connectivity index (χ3n) is 3.08. The van der Waals surface area contributed by atoms with Crippen LogP contribution < -0.4 is 11.1 Å². The van der Waals surface area contributed by atoms with Gasteiger partial charge < -0.3 is 15.8 Å². The minimum absolute atomic E-state index is 0.0127. The van der Waals surface area contributed by atoms with Gasteiger partial charge in [-0.1, -0.05) is 6.07 Å². The number of aryl methyl sites for hydroxylation is 1. The first-order valence-corrected chi connectivity index (χ1v) is 6.30. The second-order valence-corrected chi connectivity index (χ2v) is 4.47. The number of hydrogen-bond acceptors (Lipinski definition) is 4. The van der Waals surface area contributed by atoms with Gasteiger partial charge in [0.15, 0.2) is 0 Å². The van der Waals surface area contributed by atoms with Gasteiger partial charge in [-0.05, 0) is 30.9 Å². The molecule has 0 bridgehead atoms. The smallest absolute Gasteiger partial charge is 0.243 e. The normalized spacial score (nSPS) is 18.3. The van der Waals surface area contributed by atoms with Crippen LogP contribution in [-0.4, -0.2) is 30.6 Å². The SMILES string of the molecule is NC(=O)COCCNC1CCCc2cccnc21. The molecule has 1 aliphatic carbocycles. The number of amides is 1. The van der Waals surface area contributed by atoms with E-state index < -0.39 is 5.91 Å². The maximum absolute atomic E-state index is 10.5. The monoisotopic (exact) mass is 249 g/mol. The van der Waals surface area contributed by atoms with Crippen LogP contribution in [0.3, 0.4) is 0 Å². The number of carbonyl (C=O) groups excluding carboxylic acids is 1. The molecule has 0 aromatic carbocycles. The lowest BCUT2D eigenvalue weighted by Crippen LogP contribution is -2.30. The lowest BCUT2D eigenvalue weighted by Gasteiger charge is -2.25. The van der Waals surface area contributed by atoms with Crippen molar-refractivity contribution in [3.63, 3.8) is 0 Å². The number of fused-ring (bicyclic) bond motifs is 1. The molecule has 1 atom stereocenters. The van der Waals surface area contributed by atoms with Gasteiger partial charge in [-0.25, -0.2) is 0 Å². The van der Waals surface area contributed by atoms with Gasteiger partial charge in [0.25, 0.3) is 0 Å². The van der Waals surface area contributed by atoms with Crippen LogP contribution >= 0.6 is 0 Å². The van der Waals surface area contributed by atoms with E-state index in [-0.39, 0.29) is 6.61 Å². The molecule has 0 saturated carbocycles. The Labute approximate surface area is 107 Å². The molecule has 1 unspecified atom stereocenters. The maximum Gasteiger partial charge on any atom is 0.243 e. The number of hydrogen-bond donors (Lipinski definition) is 2. The van der Waals surface area contributed by atoms with E-state index in [2.05, 4.69) is 16.4 Å². The number of nitrogens with one attached hydrogen (secondary N) is 1. The molecule has 3 N–H and O–H groups in total. The summed E-state index contributed by atoms with van der Waals surface area (Å²) in [6.07, 6.45) is 5.22. The van der Waals surface area contributed by atoms with Crippen LogP contribution in [0.15, 0.2) is 18.3 Å². The molecule has 5 heteroatoms. The predicted octanol–water partition coefficient (Wildman–Crippen LogP) is 0.550. The van der Waals surface area contributed by atoms with E-state index in [1.165, 1.54) is 12.0 Å². The van der Waals surface area contributed by atoms with E-state index in [0.29, 0.717) is 19.2 Å². The number of pyridine rings is 1. The number of nitrogens with zero attached hydrogens (tertiary/aromatic N) is 1. The molecule has 0 fully saturated rings. The maximum atomic E-state index is 10.5. The lowest BCUT2D eigenvalue weighted by molar-refractivity contribution is -0.122. The van der Waals surface area contributed by atoms with E-state index in [4.69, 9.17) is 10.5 Å². The van der Waals surface area contributed by atoms with Crippen molar-refractivity contribution in [2.45, 2.75) is 25.3 Å². The van der Waals surface area contributed by atoms with Gasteiger partial charge in [0.05, 0.1) is 12.3 Å². The summed E-state index contributed by atoms with van der Waals surface area (Å²) in [5.74, 6) is -0.431. The van der Waals surface area contributed by atoms with Gasteiger partial charge in [-0.2, -0.15) is 0 Å². The van der Waals surface area contributed by atoms with Crippen molar-refractivity contribution in [2.24, 2.45) is 5.73 Å². The molecule has 98 valence electrons. The number of carbonyl (C=O) groups is 1. The Morgan fingerprint density at radius 1 is 1.61 bits per heavy atom. The Morgan fingerprint density at radius 2 is 2.50 bits per heavy atom. The van der Waals surface area contributed by atoms with E-state index in [9.17, 15) is 4.79 Å². The summed E-state index contributed by atoms with van der Waals surface area (Å²) in [7, 11) is 0. The molecule has 0 saturated heterocycles. The summed E-state index contributed by atoms with van der Waals surface area (Å²) in [5, 5.41) is 3.41. The summed E-state index contributed by atoms with van der Waals surface area (Å²) in [5.41, 5.74) is 7.47. The Kier molecular flexibility index (Phi) is 4.66. The number of nitrogens with two attached hydrogens (primary N) is 1. The molecule has 1 heterocycles. The second-order valence-electron chi connectivity index (χ2n) is 4.47. The van der Waals surface area contributed by atoms with Crippen molar-refractivity contribution in [3.05, 3.63) is 29.6 Å². The highest BCUT2D eigenvalue weighted by atomic mass is 16.5. The van der Waals surface area contributed by atoms with E-state index in [0.717, 1.165) is 18.5 Å². The number of rotatable bonds is 6. The highest BCUT2D eigenvalue weighted by molar-refractivity contribution is 5.74. The Balaban J connectivity index is 1.79. The molecule has 1 amide bonds. The largest absolute Gasteiger partial charge is 0.370 e. The summed E-state index contributed by atoms with van der Waals surface area (Å²) in [6, 6.07) is 4.42. The fraction of sp³-hybridized carbons (Fsp3) is 0.538. The fourth-order valence-electron chi connectivity index (χ4n) is 2.29. The van der Waals surface area contributed by atoms with Crippen molar-refractivity contribution in [1.29, 1.82) is 0 Å². The van der Waals surface area contributed by atoms with Crippen molar-refractivity contribution in [1.82, 2.24) is 10.3 Å². The average Bonchev–Trinajstić information content (AvgIpc) is 2.38. The van der Waals surface area contributed by atoms with Gasteiger partial charge in [0, 0.05) is 18.8 Å². The molecule has 1 aromatic heterocycles. The first kappa shape index (κ1) is 13.0. The lowest BCUT2D eigenvalue weighted by atomic mass is 9.92. The minimum Gasteiger partial charge on any atom is -0.370 e. The predicted molar refractivity (Wildman–Crippen MR) is 67.9 cm³/mol. The summed E-state index contributed by atoms with van der Waals surface area (Å²) in [4.78, 5) is 14.9. The van der Waals surface area contributed by atoms with Gasteiger partial charge in [0.1, 0.15) is 6.61 Å². The molecule has 1 aromatic rings. The Hall–Kier alpha value is -1.46. The van der Waals surface area contributed by atoms with Gasteiger partial charge >= 0.3 is 0 Å².